The molecule has 1 aliphatic rings. The maximum Gasteiger partial charge on any atom is 0.0119 e. The molecule has 1 aromatic rings. The quantitative estimate of drug-likeness (QED) is 0.763. The molecule has 0 spiro atoms. The first-order valence-electron chi connectivity index (χ1n) is 7.24. The van der Waals surface area contributed by atoms with E-state index in [4.69, 9.17) is 0 Å². The SMILES string of the molecule is CC(C)C1CCCN1CCNCCc1cccs1. The fourth-order valence-corrected chi connectivity index (χ4v) is 3.61. The standard InChI is InChI=1S/C15H26N2S/c1-13(2)15-6-3-10-17(15)11-9-16-8-7-14-5-4-12-18-14/h4-5,12-13,15-16H,3,6-11H2,1-2H3. The molecule has 0 saturated carbocycles. The van der Waals surface area contributed by atoms with Crippen molar-refractivity contribution in [3.8, 4) is 0 Å². The van der Waals surface area contributed by atoms with Crippen molar-refractivity contribution in [1.29, 1.82) is 0 Å². The molecule has 0 bridgehead atoms. The predicted octanol–water partition coefficient (Wildman–Crippen LogP) is 3.00. The Morgan fingerprint density at radius 3 is 3.06 bits per heavy atom. The molecule has 2 heterocycles. The molecule has 1 saturated heterocycles. The van der Waals surface area contributed by atoms with Crippen LogP contribution in [0.5, 0.6) is 0 Å². The molecule has 102 valence electrons. The van der Waals surface area contributed by atoms with E-state index >= 15 is 0 Å². The highest BCUT2D eigenvalue weighted by Crippen LogP contribution is 2.22. The van der Waals surface area contributed by atoms with E-state index in [1.165, 1.54) is 37.2 Å². The van der Waals surface area contributed by atoms with Gasteiger partial charge in [0.25, 0.3) is 0 Å². The van der Waals surface area contributed by atoms with Crippen LogP contribution in [0.3, 0.4) is 0 Å². The van der Waals surface area contributed by atoms with Crippen molar-refractivity contribution in [1.82, 2.24) is 10.2 Å². The Kier molecular flexibility index (Phi) is 5.67. The molecule has 1 aliphatic heterocycles. The molecular formula is C15H26N2S. The zero-order chi connectivity index (χ0) is 12.8. The summed E-state index contributed by atoms with van der Waals surface area (Å²) < 4.78 is 0. The number of nitrogens with zero attached hydrogens (tertiary/aromatic N) is 1. The molecule has 0 aromatic carbocycles. The Labute approximate surface area is 115 Å². The van der Waals surface area contributed by atoms with Crippen molar-refractivity contribution in [3.05, 3.63) is 22.4 Å². The monoisotopic (exact) mass is 266 g/mol. The number of thiophene rings is 1. The largest absolute Gasteiger partial charge is 0.315 e. The summed E-state index contributed by atoms with van der Waals surface area (Å²) in [5.41, 5.74) is 0. The lowest BCUT2D eigenvalue weighted by atomic mass is 10.0. The highest BCUT2D eigenvalue weighted by atomic mass is 32.1. The zero-order valence-corrected chi connectivity index (χ0v) is 12.5. The van der Waals surface area contributed by atoms with Gasteiger partial charge in [-0.25, -0.2) is 0 Å². The van der Waals surface area contributed by atoms with Crippen molar-refractivity contribution in [2.45, 2.75) is 39.2 Å². The molecule has 18 heavy (non-hydrogen) atoms. The molecule has 0 aliphatic carbocycles. The van der Waals surface area contributed by atoms with Gasteiger partial charge in [-0.05, 0) is 43.2 Å². The van der Waals surface area contributed by atoms with Crippen molar-refractivity contribution >= 4 is 11.3 Å². The summed E-state index contributed by atoms with van der Waals surface area (Å²) in [4.78, 5) is 4.16. The molecule has 1 N–H and O–H groups in total. The van der Waals surface area contributed by atoms with Crippen LogP contribution >= 0.6 is 11.3 Å². The Morgan fingerprint density at radius 1 is 1.44 bits per heavy atom. The number of hydrogen-bond acceptors (Lipinski definition) is 3. The van der Waals surface area contributed by atoms with E-state index in [0.29, 0.717) is 0 Å². The Hall–Kier alpha value is -0.380. The van der Waals surface area contributed by atoms with E-state index < -0.39 is 0 Å². The Bertz CT molecular complexity index is 321. The van der Waals surface area contributed by atoms with Crippen LogP contribution in [0.2, 0.25) is 0 Å². The van der Waals surface area contributed by atoms with Crippen LogP contribution in [0.25, 0.3) is 0 Å². The van der Waals surface area contributed by atoms with Crippen LogP contribution in [0.15, 0.2) is 17.5 Å². The fourth-order valence-electron chi connectivity index (χ4n) is 2.90. The van der Waals surface area contributed by atoms with Crippen LogP contribution in [-0.4, -0.2) is 37.1 Å². The predicted molar refractivity (Wildman–Crippen MR) is 80.3 cm³/mol. The fraction of sp³-hybridized carbons (Fsp3) is 0.733. The molecular weight excluding hydrogens is 240 g/mol. The van der Waals surface area contributed by atoms with E-state index in [9.17, 15) is 0 Å². The Morgan fingerprint density at radius 2 is 2.33 bits per heavy atom. The van der Waals surface area contributed by atoms with E-state index in [-0.39, 0.29) is 0 Å². The third-order valence-corrected chi connectivity index (χ3v) is 4.82. The van der Waals surface area contributed by atoms with Gasteiger partial charge in [-0.3, -0.25) is 4.90 Å². The molecule has 2 rings (SSSR count). The summed E-state index contributed by atoms with van der Waals surface area (Å²) in [5.74, 6) is 0.804. The van der Waals surface area contributed by atoms with Gasteiger partial charge in [-0.15, -0.1) is 11.3 Å². The average Bonchev–Trinajstić information content (AvgIpc) is 2.98. The third kappa shape index (κ3) is 4.08. The molecule has 2 nitrogen and oxygen atoms in total. The maximum absolute atomic E-state index is 3.58. The number of likely N-dealkylation sites (tertiary alicyclic amines) is 1. The Balaban J connectivity index is 1.57. The summed E-state index contributed by atoms with van der Waals surface area (Å²) in [6.45, 7) is 9.47. The van der Waals surface area contributed by atoms with Crippen LogP contribution in [0.1, 0.15) is 31.6 Å². The van der Waals surface area contributed by atoms with E-state index in [2.05, 4.69) is 41.6 Å². The summed E-state index contributed by atoms with van der Waals surface area (Å²) >= 11 is 1.86. The van der Waals surface area contributed by atoms with Crippen molar-refractivity contribution in [3.63, 3.8) is 0 Å². The van der Waals surface area contributed by atoms with Crippen molar-refractivity contribution in [2.24, 2.45) is 5.92 Å². The minimum Gasteiger partial charge on any atom is -0.315 e. The minimum atomic E-state index is 0.804. The van der Waals surface area contributed by atoms with Crippen LogP contribution < -0.4 is 5.32 Å². The number of hydrogen-bond donors (Lipinski definition) is 1. The van der Waals surface area contributed by atoms with Gasteiger partial charge < -0.3 is 5.32 Å². The van der Waals surface area contributed by atoms with Gasteiger partial charge in [0.1, 0.15) is 0 Å². The third-order valence-electron chi connectivity index (χ3n) is 3.89. The lowest BCUT2D eigenvalue weighted by Crippen LogP contribution is -2.38. The van der Waals surface area contributed by atoms with Gasteiger partial charge in [0.15, 0.2) is 0 Å². The highest BCUT2D eigenvalue weighted by Gasteiger charge is 2.25. The van der Waals surface area contributed by atoms with Gasteiger partial charge in [-0.2, -0.15) is 0 Å². The van der Waals surface area contributed by atoms with Gasteiger partial charge in [0.2, 0.25) is 0 Å². The molecule has 1 aromatic heterocycles. The second-order valence-electron chi connectivity index (χ2n) is 5.57. The first-order valence-corrected chi connectivity index (χ1v) is 8.12. The van der Waals surface area contributed by atoms with E-state index in [1.54, 1.807) is 0 Å². The van der Waals surface area contributed by atoms with Gasteiger partial charge in [-0.1, -0.05) is 19.9 Å². The molecule has 1 unspecified atom stereocenters. The van der Waals surface area contributed by atoms with Crippen molar-refractivity contribution in [2.75, 3.05) is 26.2 Å². The van der Waals surface area contributed by atoms with Crippen molar-refractivity contribution < 1.29 is 0 Å². The zero-order valence-electron chi connectivity index (χ0n) is 11.7. The lowest BCUT2D eigenvalue weighted by molar-refractivity contribution is 0.207. The smallest absolute Gasteiger partial charge is 0.0119 e. The minimum absolute atomic E-state index is 0.804. The summed E-state index contributed by atoms with van der Waals surface area (Å²) in [7, 11) is 0. The number of nitrogens with one attached hydrogen (secondary N) is 1. The maximum atomic E-state index is 3.58. The topological polar surface area (TPSA) is 15.3 Å². The molecule has 3 heteroatoms. The molecule has 1 atom stereocenters. The first-order chi connectivity index (χ1) is 8.77. The average molecular weight is 266 g/mol. The molecule has 1 fully saturated rings. The normalized spacial score (nSPS) is 20.9. The van der Waals surface area contributed by atoms with E-state index in [1.807, 2.05) is 11.3 Å². The van der Waals surface area contributed by atoms with Crippen LogP contribution in [-0.2, 0) is 6.42 Å². The van der Waals surface area contributed by atoms with Gasteiger partial charge in [0.05, 0.1) is 0 Å². The summed E-state index contributed by atoms with van der Waals surface area (Å²) in [6.07, 6.45) is 3.95. The highest BCUT2D eigenvalue weighted by molar-refractivity contribution is 7.09. The van der Waals surface area contributed by atoms with E-state index in [0.717, 1.165) is 25.0 Å². The molecule has 0 radical (unpaired) electrons. The summed E-state index contributed by atoms with van der Waals surface area (Å²) in [5, 5.41) is 5.73. The van der Waals surface area contributed by atoms with Gasteiger partial charge >= 0.3 is 0 Å². The lowest BCUT2D eigenvalue weighted by Gasteiger charge is -2.27. The summed E-state index contributed by atoms with van der Waals surface area (Å²) in [6, 6.07) is 5.18. The van der Waals surface area contributed by atoms with Crippen LogP contribution in [0, 0.1) is 5.92 Å². The second kappa shape index (κ2) is 7.27. The first kappa shape index (κ1) is 14.0. The van der Waals surface area contributed by atoms with Crippen LogP contribution in [0.4, 0.5) is 0 Å². The van der Waals surface area contributed by atoms with Gasteiger partial charge in [0, 0.05) is 30.6 Å². The number of rotatable bonds is 7. The second-order valence-corrected chi connectivity index (χ2v) is 6.60. The molecule has 0 amide bonds.